The van der Waals surface area contributed by atoms with Gasteiger partial charge in [0.25, 0.3) is 0 Å². The lowest BCUT2D eigenvalue weighted by Crippen LogP contribution is -2.38. The van der Waals surface area contributed by atoms with Crippen LogP contribution in [-0.4, -0.2) is 57.5 Å². The van der Waals surface area contributed by atoms with Gasteiger partial charge in [-0.1, -0.05) is 6.07 Å². The quantitative estimate of drug-likeness (QED) is 0.569. The number of carbonyl (C=O) groups is 1. The van der Waals surface area contributed by atoms with E-state index in [1.807, 2.05) is 6.07 Å². The predicted molar refractivity (Wildman–Crippen MR) is 104 cm³/mol. The lowest BCUT2D eigenvalue weighted by molar-refractivity contribution is -0.121. The molecule has 0 fully saturated rings. The molecule has 1 N–H and O–H groups in total. The standard InChI is InChI=1S/C19H22N4O5S/c1-23(29(25,26)17-6-3-15(11-20)4-7-17)14-18(24)21-12-16-5-8-19(22-13-16)28-10-9-27-2/h3-8,13H,9-10,12,14H2,1-2H3,(H,21,24). The van der Waals surface area contributed by atoms with Crippen LogP contribution in [0.25, 0.3) is 0 Å². The number of hydrogen-bond donors (Lipinski definition) is 1. The van der Waals surface area contributed by atoms with Gasteiger partial charge in [0.05, 0.1) is 29.7 Å². The van der Waals surface area contributed by atoms with E-state index in [1.165, 1.54) is 31.3 Å². The molecule has 2 aromatic rings. The first-order chi connectivity index (χ1) is 13.9. The molecular weight excluding hydrogens is 396 g/mol. The number of sulfonamides is 1. The summed E-state index contributed by atoms with van der Waals surface area (Å²) in [6, 6.07) is 10.9. The molecule has 0 aliphatic carbocycles. The van der Waals surface area contributed by atoms with Crippen LogP contribution in [0.2, 0.25) is 0 Å². The number of hydrogen-bond acceptors (Lipinski definition) is 7. The monoisotopic (exact) mass is 418 g/mol. The van der Waals surface area contributed by atoms with Crippen molar-refractivity contribution in [3.8, 4) is 11.9 Å². The number of benzene rings is 1. The van der Waals surface area contributed by atoms with Crippen LogP contribution in [-0.2, 0) is 26.1 Å². The van der Waals surface area contributed by atoms with Crippen LogP contribution in [0.5, 0.6) is 5.88 Å². The van der Waals surface area contributed by atoms with Crippen molar-refractivity contribution >= 4 is 15.9 Å². The van der Waals surface area contributed by atoms with Crippen LogP contribution in [0.4, 0.5) is 0 Å². The molecule has 1 heterocycles. The van der Waals surface area contributed by atoms with E-state index in [0.29, 0.717) is 24.7 Å². The zero-order valence-electron chi connectivity index (χ0n) is 16.2. The zero-order chi connectivity index (χ0) is 21.3. The maximum absolute atomic E-state index is 12.5. The second-order valence-corrected chi connectivity index (χ2v) is 8.06. The van der Waals surface area contributed by atoms with E-state index in [4.69, 9.17) is 14.7 Å². The van der Waals surface area contributed by atoms with Crippen LogP contribution in [0.3, 0.4) is 0 Å². The number of likely N-dealkylation sites (N-methyl/N-ethyl adjacent to an activating group) is 1. The number of methoxy groups -OCH3 is 1. The minimum absolute atomic E-state index is 0.0139. The number of aromatic nitrogens is 1. The number of nitriles is 1. The molecule has 0 bridgehead atoms. The lowest BCUT2D eigenvalue weighted by Gasteiger charge is -2.17. The van der Waals surface area contributed by atoms with E-state index in [9.17, 15) is 13.2 Å². The number of amides is 1. The minimum atomic E-state index is -3.83. The molecule has 0 saturated heterocycles. The van der Waals surface area contributed by atoms with Crippen molar-refractivity contribution in [2.75, 3.05) is 33.9 Å². The molecule has 10 heteroatoms. The first-order valence-electron chi connectivity index (χ1n) is 8.66. The fraction of sp³-hybridized carbons (Fsp3) is 0.316. The van der Waals surface area contributed by atoms with Crippen LogP contribution < -0.4 is 10.1 Å². The second-order valence-electron chi connectivity index (χ2n) is 6.02. The molecule has 1 aromatic heterocycles. The number of nitrogens with one attached hydrogen (secondary N) is 1. The van der Waals surface area contributed by atoms with Gasteiger partial charge in [-0.3, -0.25) is 4.79 Å². The van der Waals surface area contributed by atoms with Crippen LogP contribution in [0, 0.1) is 11.3 Å². The normalized spacial score (nSPS) is 11.1. The summed E-state index contributed by atoms with van der Waals surface area (Å²) in [5, 5.41) is 11.5. The first kappa shape index (κ1) is 22.3. The van der Waals surface area contributed by atoms with E-state index < -0.39 is 15.9 Å². The molecule has 2 rings (SSSR count). The average Bonchev–Trinajstić information content (AvgIpc) is 2.73. The van der Waals surface area contributed by atoms with Crippen molar-refractivity contribution in [1.82, 2.24) is 14.6 Å². The minimum Gasteiger partial charge on any atom is -0.475 e. The van der Waals surface area contributed by atoms with E-state index in [-0.39, 0.29) is 18.0 Å². The second kappa shape index (κ2) is 10.5. The highest BCUT2D eigenvalue weighted by Crippen LogP contribution is 2.15. The van der Waals surface area contributed by atoms with E-state index in [1.54, 1.807) is 25.4 Å². The molecule has 0 atom stereocenters. The number of pyridine rings is 1. The Labute approximate surface area is 169 Å². The summed E-state index contributed by atoms with van der Waals surface area (Å²) in [5.41, 5.74) is 1.10. The van der Waals surface area contributed by atoms with Crippen molar-refractivity contribution < 1.29 is 22.7 Å². The highest BCUT2D eigenvalue weighted by molar-refractivity contribution is 7.89. The Morgan fingerprint density at radius 2 is 1.93 bits per heavy atom. The summed E-state index contributed by atoms with van der Waals surface area (Å²) in [5.74, 6) is -0.00416. The maximum atomic E-state index is 12.5. The van der Waals surface area contributed by atoms with Crippen molar-refractivity contribution in [3.05, 3.63) is 53.7 Å². The molecule has 9 nitrogen and oxygen atoms in total. The summed E-state index contributed by atoms with van der Waals surface area (Å²) >= 11 is 0. The molecular formula is C19H22N4O5S. The van der Waals surface area contributed by atoms with Crippen molar-refractivity contribution in [1.29, 1.82) is 5.26 Å². The largest absolute Gasteiger partial charge is 0.475 e. The van der Waals surface area contributed by atoms with Gasteiger partial charge in [-0.2, -0.15) is 9.57 Å². The Morgan fingerprint density at radius 3 is 2.52 bits per heavy atom. The third-order valence-electron chi connectivity index (χ3n) is 3.88. The lowest BCUT2D eigenvalue weighted by atomic mass is 10.2. The van der Waals surface area contributed by atoms with E-state index in [2.05, 4.69) is 10.3 Å². The average molecular weight is 418 g/mol. The van der Waals surface area contributed by atoms with Gasteiger partial charge < -0.3 is 14.8 Å². The first-order valence-corrected chi connectivity index (χ1v) is 10.1. The van der Waals surface area contributed by atoms with Gasteiger partial charge in [0.2, 0.25) is 21.8 Å². The van der Waals surface area contributed by atoms with Crippen molar-refractivity contribution in [2.24, 2.45) is 0 Å². The van der Waals surface area contributed by atoms with Crippen LogP contribution >= 0.6 is 0 Å². The number of carbonyl (C=O) groups excluding carboxylic acids is 1. The molecule has 0 aliphatic rings. The SMILES string of the molecule is COCCOc1ccc(CNC(=O)CN(C)S(=O)(=O)c2ccc(C#N)cc2)cn1. The van der Waals surface area contributed by atoms with Gasteiger partial charge in [-0.25, -0.2) is 13.4 Å². The van der Waals surface area contributed by atoms with Gasteiger partial charge in [0, 0.05) is 33.0 Å². The van der Waals surface area contributed by atoms with Gasteiger partial charge in [-0.05, 0) is 29.8 Å². The van der Waals surface area contributed by atoms with Crippen molar-refractivity contribution in [2.45, 2.75) is 11.4 Å². The molecule has 154 valence electrons. The fourth-order valence-electron chi connectivity index (χ4n) is 2.26. The smallest absolute Gasteiger partial charge is 0.243 e. The van der Waals surface area contributed by atoms with Gasteiger partial charge in [0.15, 0.2) is 0 Å². The van der Waals surface area contributed by atoms with E-state index >= 15 is 0 Å². The maximum Gasteiger partial charge on any atom is 0.243 e. The summed E-state index contributed by atoms with van der Waals surface area (Å²) in [7, 11) is -0.936. The van der Waals surface area contributed by atoms with Crippen LogP contribution in [0.15, 0.2) is 47.5 Å². The summed E-state index contributed by atoms with van der Waals surface area (Å²) in [6.45, 7) is 0.709. The number of rotatable bonds is 10. The Balaban J connectivity index is 1.87. The van der Waals surface area contributed by atoms with Crippen LogP contribution in [0.1, 0.15) is 11.1 Å². The zero-order valence-corrected chi connectivity index (χ0v) is 17.0. The molecule has 0 unspecified atom stereocenters. The van der Waals surface area contributed by atoms with Gasteiger partial charge >= 0.3 is 0 Å². The Hall–Kier alpha value is -3.00. The molecule has 0 spiro atoms. The Kier molecular flexibility index (Phi) is 8.09. The molecule has 0 aliphatic heterocycles. The van der Waals surface area contributed by atoms with Gasteiger partial charge in [0.1, 0.15) is 6.61 Å². The fourth-order valence-corrected chi connectivity index (χ4v) is 3.38. The third kappa shape index (κ3) is 6.53. The molecule has 0 radical (unpaired) electrons. The third-order valence-corrected chi connectivity index (χ3v) is 5.70. The van der Waals surface area contributed by atoms with Crippen molar-refractivity contribution in [3.63, 3.8) is 0 Å². The summed E-state index contributed by atoms with van der Waals surface area (Å²) in [6.07, 6.45) is 1.57. The predicted octanol–water partition coefficient (Wildman–Crippen LogP) is 0.915. The topological polar surface area (TPSA) is 122 Å². The van der Waals surface area contributed by atoms with Gasteiger partial charge in [-0.15, -0.1) is 0 Å². The number of ether oxygens (including phenoxy) is 2. The molecule has 0 saturated carbocycles. The molecule has 1 aromatic carbocycles. The molecule has 1 amide bonds. The summed E-state index contributed by atoms with van der Waals surface area (Å²) < 4.78 is 36.2. The Morgan fingerprint density at radius 1 is 1.21 bits per heavy atom. The molecule has 29 heavy (non-hydrogen) atoms. The number of nitrogens with zero attached hydrogens (tertiary/aromatic N) is 3. The highest BCUT2D eigenvalue weighted by Gasteiger charge is 2.22. The highest BCUT2D eigenvalue weighted by atomic mass is 32.2. The Bertz CT molecular complexity index is 954. The summed E-state index contributed by atoms with van der Waals surface area (Å²) in [4.78, 5) is 16.3. The van der Waals surface area contributed by atoms with E-state index in [0.717, 1.165) is 9.87 Å².